The predicted octanol–water partition coefficient (Wildman–Crippen LogP) is 5.27. The Hall–Kier alpha value is -4.61. The number of alkyl halides is 6. The summed E-state index contributed by atoms with van der Waals surface area (Å²) in [4.78, 5) is 21.0. The van der Waals surface area contributed by atoms with Gasteiger partial charge in [0.05, 0.1) is 11.1 Å². The lowest BCUT2D eigenvalue weighted by atomic mass is 10.0. The lowest BCUT2D eigenvalue weighted by molar-refractivity contribution is -0.274. The van der Waals surface area contributed by atoms with Crippen LogP contribution in [0.3, 0.4) is 0 Å². The van der Waals surface area contributed by atoms with Crippen molar-refractivity contribution in [3.8, 4) is 17.6 Å². The first kappa shape index (κ1) is 29.9. The summed E-state index contributed by atoms with van der Waals surface area (Å²) in [6, 6.07) is 9.11. The number of carbonyl (C=O) groups excluding carboxylic acids is 1. The van der Waals surface area contributed by atoms with Gasteiger partial charge in [0.1, 0.15) is 11.2 Å². The number of likely N-dealkylation sites (N-methyl/N-ethyl adjacent to an activating group) is 1. The summed E-state index contributed by atoms with van der Waals surface area (Å²) in [5.41, 5.74) is -0.290. The summed E-state index contributed by atoms with van der Waals surface area (Å²) in [6.07, 6.45) is -6.92. The third kappa shape index (κ3) is 7.43. The Balaban J connectivity index is 1.32. The van der Waals surface area contributed by atoms with E-state index in [1.54, 1.807) is 0 Å². The van der Waals surface area contributed by atoms with Crippen LogP contribution in [-0.4, -0.2) is 70.5 Å². The normalized spacial score (nSPS) is 14.8. The van der Waals surface area contributed by atoms with Gasteiger partial charge in [-0.3, -0.25) is 19.8 Å². The zero-order chi connectivity index (χ0) is 30.8. The first-order valence-electron chi connectivity index (χ1n) is 13.0. The molecule has 43 heavy (non-hydrogen) atoms. The molecule has 1 amide bonds. The van der Waals surface area contributed by atoms with Gasteiger partial charge in [0, 0.05) is 61.8 Å². The minimum absolute atomic E-state index is 0.00292. The average molecular weight is 603 g/mol. The zero-order valence-electron chi connectivity index (χ0n) is 22.6. The molecule has 14 heteroatoms. The molecule has 2 aromatic carbocycles. The Morgan fingerprint density at radius 2 is 1.79 bits per heavy atom. The van der Waals surface area contributed by atoms with Crippen LogP contribution in [0, 0.1) is 11.8 Å². The van der Waals surface area contributed by atoms with Gasteiger partial charge in [-0.2, -0.15) is 18.3 Å². The van der Waals surface area contributed by atoms with Gasteiger partial charge in [0.25, 0.3) is 5.91 Å². The number of aromatic amines is 1. The maximum absolute atomic E-state index is 13.9. The van der Waals surface area contributed by atoms with Crippen molar-refractivity contribution in [1.82, 2.24) is 25.0 Å². The zero-order valence-corrected chi connectivity index (χ0v) is 22.6. The van der Waals surface area contributed by atoms with Gasteiger partial charge in [-0.1, -0.05) is 18.1 Å². The highest BCUT2D eigenvalue weighted by Crippen LogP contribution is 2.35. The largest absolute Gasteiger partial charge is 0.573 e. The number of carbonyl (C=O) groups is 1. The Labute approximate surface area is 241 Å². The Kier molecular flexibility index (Phi) is 8.30. The van der Waals surface area contributed by atoms with Crippen molar-refractivity contribution in [2.24, 2.45) is 0 Å². The molecule has 0 saturated carbocycles. The number of aromatic nitrogens is 3. The number of hydrogen-bond donors (Lipinski definition) is 2. The van der Waals surface area contributed by atoms with E-state index in [1.165, 1.54) is 42.7 Å². The number of H-pyrrole nitrogens is 1. The number of rotatable bonds is 5. The fraction of sp³-hybridized carbons (Fsp3) is 0.276. The predicted molar refractivity (Wildman–Crippen MR) is 145 cm³/mol. The number of para-hydroxylation sites is 1. The van der Waals surface area contributed by atoms with Gasteiger partial charge in [0.15, 0.2) is 5.75 Å². The molecule has 1 aliphatic rings. The van der Waals surface area contributed by atoms with Crippen molar-refractivity contribution in [3.63, 3.8) is 0 Å². The fourth-order valence-electron chi connectivity index (χ4n) is 4.59. The molecule has 0 unspecified atom stereocenters. The van der Waals surface area contributed by atoms with Crippen LogP contribution in [-0.2, 0) is 12.7 Å². The van der Waals surface area contributed by atoms with E-state index in [4.69, 9.17) is 0 Å². The number of pyridine rings is 1. The standard InChI is InChI=1S/C29H24F6N6O2/c1-40-9-11-41(12-10-40)17-19-6-7-21(14-23(19)28(30,31)32)37-27(42)20-13-18(15-36-16-20)5-8-24-22-3-2-4-25(26(22)39-38-24)43-29(33,34)35/h2-4,6-7,13-16H,9-12,17H2,1H3,(H,37,42)(H,38,39). The maximum atomic E-state index is 13.9. The van der Waals surface area contributed by atoms with Crippen LogP contribution in [0.2, 0.25) is 0 Å². The van der Waals surface area contributed by atoms with Crippen LogP contribution in [0.25, 0.3) is 10.9 Å². The minimum atomic E-state index is -4.89. The second kappa shape index (κ2) is 11.9. The van der Waals surface area contributed by atoms with Crippen molar-refractivity contribution >= 4 is 22.5 Å². The number of ether oxygens (including phenoxy) is 1. The Bertz CT molecular complexity index is 1700. The van der Waals surface area contributed by atoms with Crippen LogP contribution in [0.15, 0.2) is 54.9 Å². The van der Waals surface area contributed by atoms with Gasteiger partial charge in [-0.15, -0.1) is 13.2 Å². The van der Waals surface area contributed by atoms with E-state index in [0.29, 0.717) is 13.1 Å². The van der Waals surface area contributed by atoms with E-state index in [2.05, 4.69) is 42.0 Å². The first-order chi connectivity index (χ1) is 20.4. The molecule has 0 aliphatic carbocycles. The third-order valence-corrected chi connectivity index (χ3v) is 6.78. The van der Waals surface area contributed by atoms with Crippen molar-refractivity contribution in [1.29, 1.82) is 0 Å². The Morgan fingerprint density at radius 3 is 2.51 bits per heavy atom. The summed E-state index contributed by atoms with van der Waals surface area (Å²) < 4.78 is 83.9. The van der Waals surface area contributed by atoms with Crippen LogP contribution in [0.1, 0.15) is 32.7 Å². The van der Waals surface area contributed by atoms with Crippen molar-refractivity contribution in [3.05, 3.63) is 82.8 Å². The summed E-state index contributed by atoms with van der Waals surface area (Å²) in [5.74, 6) is 4.31. The van der Waals surface area contributed by atoms with E-state index in [0.717, 1.165) is 25.2 Å². The SMILES string of the molecule is CN1CCN(Cc2ccc(NC(=O)c3cncc(C#Cc4n[nH]c5c(OC(F)(F)F)cccc45)c3)cc2C(F)(F)F)CC1. The van der Waals surface area contributed by atoms with Crippen molar-refractivity contribution < 1.29 is 35.9 Å². The molecule has 1 aliphatic heterocycles. The van der Waals surface area contributed by atoms with Gasteiger partial charge in [-0.05, 0) is 48.9 Å². The number of piperazine rings is 1. The highest BCUT2D eigenvalue weighted by molar-refractivity contribution is 6.04. The van der Waals surface area contributed by atoms with E-state index in [-0.39, 0.29) is 45.5 Å². The van der Waals surface area contributed by atoms with Crippen LogP contribution >= 0.6 is 0 Å². The number of nitrogens with zero attached hydrogens (tertiary/aromatic N) is 4. The number of halogens is 6. The number of nitrogens with one attached hydrogen (secondary N) is 2. The fourth-order valence-corrected chi connectivity index (χ4v) is 4.59. The second-order valence-electron chi connectivity index (χ2n) is 9.91. The van der Waals surface area contributed by atoms with Crippen LogP contribution in [0.5, 0.6) is 5.75 Å². The maximum Gasteiger partial charge on any atom is 0.573 e. The monoisotopic (exact) mass is 602 g/mol. The first-order valence-corrected chi connectivity index (χ1v) is 13.0. The van der Waals surface area contributed by atoms with Gasteiger partial charge in [0.2, 0.25) is 0 Å². The molecule has 8 nitrogen and oxygen atoms in total. The number of fused-ring (bicyclic) bond motifs is 1. The third-order valence-electron chi connectivity index (χ3n) is 6.78. The molecule has 0 atom stereocenters. The molecular formula is C29H24F6N6O2. The summed E-state index contributed by atoms with van der Waals surface area (Å²) in [7, 11) is 1.96. The summed E-state index contributed by atoms with van der Waals surface area (Å²) in [5, 5.41) is 9.19. The highest BCUT2D eigenvalue weighted by Gasteiger charge is 2.34. The number of anilines is 1. The highest BCUT2D eigenvalue weighted by atomic mass is 19.4. The summed E-state index contributed by atoms with van der Waals surface area (Å²) >= 11 is 0. The molecular weight excluding hydrogens is 578 g/mol. The average Bonchev–Trinajstić information content (AvgIpc) is 3.37. The van der Waals surface area contributed by atoms with E-state index < -0.39 is 29.8 Å². The van der Waals surface area contributed by atoms with Gasteiger partial charge >= 0.3 is 12.5 Å². The number of amides is 1. The minimum Gasteiger partial charge on any atom is -0.403 e. The summed E-state index contributed by atoms with van der Waals surface area (Å²) in [6.45, 7) is 2.99. The second-order valence-corrected chi connectivity index (χ2v) is 9.91. The molecule has 1 saturated heterocycles. The molecule has 0 spiro atoms. The quantitative estimate of drug-likeness (QED) is 0.239. The molecule has 0 radical (unpaired) electrons. The van der Waals surface area contributed by atoms with Crippen LogP contribution in [0.4, 0.5) is 32.0 Å². The topological polar surface area (TPSA) is 86.4 Å². The molecule has 3 heterocycles. The lowest BCUT2D eigenvalue weighted by Gasteiger charge is -2.33. The smallest absolute Gasteiger partial charge is 0.403 e. The van der Waals surface area contributed by atoms with E-state index in [9.17, 15) is 31.1 Å². The molecule has 224 valence electrons. The van der Waals surface area contributed by atoms with E-state index in [1.807, 2.05) is 11.9 Å². The lowest BCUT2D eigenvalue weighted by Crippen LogP contribution is -2.44. The van der Waals surface area contributed by atoms with Gasteiger partial charge in [-0.25, -0.2) is 0 Å². The van der Waals surface area contributed by atoms with Crippen LogP contribution < -0.4 is 10.1 Å². The number of benzene rings is 2. The molecule has 2 aromatic heterocycles. The van der Waals surface area contributed by atoms with Gasteiger partial charge < -0.3 is 15.0 Å². The number of hydrogen-bond acceptors (Lipinski definition) is 6. The van der Waals surface area contributed by atoms with Crippen molar-refractivity contribution in [2.45, 2.75) is 19.1 Å². The molecule has 2 N–H and O–H groups in total. The van der Waals surface area contributed by atoms with E-state index >= 15 is 0 Å². The van der Waals surface area contributed by atoms with Crippen molar-refractivity contribution in [2.75, 3.05) is 38.5 Å². The molecule has 0 bridgehead atoms. The molecule has 4 aromatic rings. The molecule has 5 rings (SSSR count). The Morgan fingerprint density at radius 1 is 1.02 bits per heavy atom. The molecule has 1 fully saturated rings.